The van der Waals surface area contributed by atoms with Crippen LogP contribution >= 0.6 is 0 Å². The average Bonchev–Trinajstić information content (AvgIpc) is 2.68. The van der Waals surface area contributed by atoms with E-state index in [1.807, 2.05) is 60.7 Å². The average molecular weight is 374 g/mol. The van der Waals surface area contributed by atoms with Gasteiger partial charge in [0.1, 0.15) is 0 Å². The van der Waals surface area contributed by atoms with Crippen molar-refractivity contribution in [2.24, 2.45) is 22.9 Å². The van der Waals surface area contributed by atoms with Gasteiger partial charge in [0, 0.05) is 11.1 Å². The molecule has 28 heavy (non-hydrogen) atoms. The van der Waals surface area contributed by atoms with E-state index in [2.05, 4.69) is 15.8 Å². The van der Waals surface area contributed by atoms with Gasteiger partial charge in [-0.25, -0.2) is 0 Å². The number of benzene rings is 2. The number of para-hydroxylation sites is 1. The minimum Gasteiger partial charge on any atom is -0.345 e. The number of nitrogens with zero attached hydrogens (tertiary/aromatic N) is 1. The number of hydrogen-bond acceptors (Lipinski definition) is 3. The fourth-order valence-electron chi connectivity index (χ4n) is 6.04. The van der Waals surface area contributed by atoms with E-state index in [0.717, 1.165) is 48.3 Å². The van der Waals surface area contributed by atoms with Crippen LogP contribution in [0.25, 0.3) is 0 Å². The highest BCUT2D eigenvalue weighted by Gasteiger charge is 2.51. The molecule has 0 aliphatic heterocycles. The highest BCUT2D eigenvalue weighted by atomic mass is 16.2. The summed E-state index contributed by atoms with van der Waals surface area (Å²) in [5, 5.41) is 7.97. The van der Waals surface area contributed by atoms with E-state index in [1.165, 1.54) is 19.3 Å². The molecule has 0 saturated heterocycles. The van der Waals surface area contributed by atoms with Gasteiger partial charge < -0.3 is 5.32 Å². The van der Waals surface area contributed by atoms with E-state index in [9.17, 15) is 4.79 Å². The lowest BCUT2D eigenvalue weighted by atomic mass is 9.53. The molecular weight excluding hydrogens is 346 g/mol. The van der Waals surface area contributed by atoms with Crippen LogP contribution < -0.4 is 10.7 Å². The van der Waals surface area contributed by atoms with Crippen LogP contribution in [-0.2, 0) is 4.79 Å². The molecule has 4 bridgehead atoms. The van der Waals surface area contributed by atoms with Crippen LogP contribution in [0.2, 0.25) is 0 Å². The molecular formula is C24H27N3O. The molecule has 4 heteroatoms. The third-order valence-corrected chi connectivity index (χ3v) is 6.75. The Morgan fingerprint density at radius 3 is 1.93 bits per heavy atom. The second-order valence-corrected chi connectivity index (χ2v) is 8.96. The predicted molar refractivity (Wildman–Crippen MR) is 112 cm³/mol. The third-order valence-electron chi connectivity index (χ3n) is 6.75. The number of amides is 1. The van der Waals surface area contributed by atoms with Crippen molar-refractivity contribution in [3.63, 3.8) is 0 Å². The minimum atomic E-state index is -0.0587. The van der Waals surface area contributed by atoms with Crippen molar-refractivity contribution in [1.29, 1.82) is 0 Å². The number of hydrogen-bond donors (Lipinski definition) is 2. The van der Waals surface area contributed by atoms with Crippen LogP contribution in [0.1, 0.15) is 44.1 Å². The number of anilines is 1. The molecule has 1 amide bonds. The van der Waals surface area contributed by atoms with E-state index in [1.54, 1.807) is 0 Å². The number of hydrazone groups is 1. The quantitative estimate of drug-likeness (QED) is 0.595. The zero-order valence-corrected chi connectivity index (χ0v) is 16.1. The van der Waals surface area contributed by atoms with E-state index >= 15 is 0 Å². The van der Waals surface area contributed by atoms with Gasteiger partial charge in [0.25, 0.3) is 5.91 Å². The largest absolute Gasteiger partial charge is 0.345 e. The second kappa shape index (κ2) is 7.08. The van der Waals surface area contributed by atoms with Gasteiger partial charge in [0.15, 0.2) is 5.71 Å². The lowest BCUT2D eigenvalue weighted by Crippen LogP contribution is -2.60. The Kier molecular flexibility index (Phi) is 4.42. The Bertz CT molecular complexity index is 840. The van der Waals surface area contributed by atoms with Crippen molar-refractivity contribution >= 4 is 17.3 Å². The van der Waals surface area contributed by atoms with Crippen LogP contribution in [0.3, 0.4) is 0 Å². The molecule has 4 fully saturated rings. The third kappa shape index (κ3) is 3.44. The molecule has 0 heterocycles. The molecule has 2 aromatic rings. The molecule has 0 radical (unpaired) electrons. The molecule has 0 aromatic heterocycles. The van der Waals surface area contributed by atoms with Crippen LogP contribution in [0, 0.1) is 17.8 Å². The molecule has 144 valence electrons. The second-order valence-electron chi connectivity index (χ2n) is 8.96. The fraction of sp³-hybridized carbons (Fsp3) is 0.417. The molecule has 2 N–H and O–H groups in total. The monoisotopic (exact) mass is 373 g/mol. The first-order valence-electron chi connectivity index (χ1n) is 10.5. The van der Waals surface area contributed by atoms with Gasteiger partial charge in [0.05, 0.1) is 5.69 Å². The van der Waals surface area contributed by atoms with E-state index in [-0.39, 0.29) is 11.4 Å². The summed E-state index contributed by atoms with van der Waals surface area (Å²) < 4.78 is 0. The van der Waals surface area contributed by atoms with Crippen molar-refractivity contribution in [3.8, 4) is 0 Å². The summed E-state index contributed by atoms with van der Waals surface area (Å²) in [6.45, 7) is 0. The SMILES string of the molecule is O=C(NC12CC3CC(CC(C3)C1)C2)/C(=N/Nc1ccccc1)c1ccccc1. The van der Waals surface area contributed by atoms with Crippen molar-refractivity contribution in [2.45, 2.75) is 44.1 Å². The Morgan fingerprint density at radius 2 is 1.36 bits per heavy atom. The molecule has 4 aliphatic rings. The number of carbonyl (C=O) groups is 1. The molecule has 6 rings (SSSR count). The summed E-state index contributed by atoms with van der Waals surface area (Å²) in [6, 6.07) is 19.5. The van der Waals surface area contributed by atoms with Gasteiger partial charge in [-0.05, 0) is 68.4 Å². The molecule has 0 atom stereocenters. The molecule has 0 spiro atoms. The normalized spacial score (nSPS) is 30.9. The number of nitrogens with one attached hydrogen (secondary N) is 2. The van der Waals surface area contributed by atoms with Crippen LogP contribution in [0.15, 0.2) is 65.8 Å². The maximum Gasteiger partial charge on any atom is 0.272 e. The topological polar surface area (TPSA) is 53.5 Å². The molecule has 4 aliphatic carbocycles. The van der Waals surface area contributed by atoms with Gasteiger partial charge in [-0.2, -0.15) is 5.10 Å². The number of carbonyl (C=O) groups excluding carboxylic acids is 1. The van der Waals surface area contributed by atoms with Crippen molar-refractivity contribution in [2.75, 3.05) is 5.43 Å². The first kappa shape index (κ1) is 17.5. The van der Waals surface area contributed by atoms with E-state index in [0.29, 0.717) is 5.71 Å². The lowest BCUT2D eigenvalue weighted by Gasteiger charge is -2.56. The highest BCUT2D eigenvalue weighted by Crippen LogP contribution is 2.55. The summed E-state index contributed by atoms with van der Waals surface area (Å²) in [7, 11) is 0. The summed E-state index contributed by atoms with van der Waals surface area (Å²) >= 11 is 0. The van der Waals surface area contributed by atoms with Crippen molar-refractivity contribution < 1.29 is 4.79 Å². The van der Waals surface area contributed by atoms with Crippen LogP contribution in [0.5, 0.6) is 0 Å². The lowest BCUT2D eigenvalue weighted by molar-refractivity contribution is -0.120. The van der Waals surface area contributed by atoms with Crippen molar-refractivity contribution in [1.82, 2.24) is 5.32 Å². The summed E-state index contributed by atoms with van der Waals surface area (Å²) in [6.07, 6.45) is 7.51. The zero-order chi connectivity index (χ0) is 19.0. The maximum absolute atomic E-state index is 13.4. The van der Waals surface area contributed by atoms with E-state index < -0.39 is 0 Å². The first-order chi connectivity index (χ1) is 13.7. The first-order valence-corrected chi connectivity index (χ1v) is 10.5. The standard InChI is InChI=1S/C24H27N3O/c28-23(25-24-14-17-11-18(15-24)13-19(12-17)16-24)22(20-7-3-1-4-8-20)27-26-21-9-5-2-6-10-21/h1-10,17-19,26H,11-16H2,(H,25,28)/b27-22+. The Morgan fingerprint density at radius 1 is 0.821 bits per heavy atom. The summed E-state index contributed by atoms with van der Waals surface area (Å²) in [5.41, 5.74) is 5.21. The fourth-order valence-corrected chi connectivity index (χ4v) is 6.04. The van der Waals surface area contributed by atoms with Gasteiger partial charge >= 0.3 is 0 Å². The highest BCUT2D eigenvalue weighted by molar-refractivity contribution is 6.45. The van der Waals surface area contributed by atoms with Crippen molar-refractivity contribution in [3.05, 3.63) is 66.2 Å². The Balaban J connectivity index is 1.40. The Labute approximate surface area is 166 Å². The Hall–Kier alpha value is -2.62. The van der Waals surface area contributed by atoms with E-state index in [4.69, 9.17) is 0 Å². The van der Waals surface area contributed by atoms with Gasteiger partial charge in [-0.15, -0.1) is 0 Å². The van der Waals surface area contributed by atoms with Crippen LogP contribution in [-0.4, -0.2) is 17.2 Å². The van der Waals surface area contributed by atoms with Gasteiger partial charge in [-0.3, -0.25) is 10.2 Å². The van der Waals surface area contributed by atoms with Gasteiger partial charge in [-0.1, -0.05) is 48.5 Å². The molecule has 4 nitrogen and oxygen atoms in total. The predicted octanol–water partition coefficient (Wildman–Crippen LogP) is 4.59. The molecule has 0 unspecified atom stereocenters. The molecule has 2 aromatic carbocycles. The molecule has 4 saturated carbocycles. The summed E-state index contributed by atoms with van der Waals surface area (Å²) in [4.78, 5) is 13.4. The smallest absolute Gasteiger partial charge is 0.272 e. The zero-order valence-electron chi connectivity index (χ0n) is 16.1. The minimum absolute atomic E-state index is 0.0197. The number of rotatable bonds is 5. The summed E-state index contributed by atoms with van der Waals surface area (Å²) in [5.74, 6) is 2.33. The van der Waals surface area contributed by atoms with Crippen LogP contribution in [0.4, 0.5) is 5.69 Å². The van der Waals surface area contributed by atoms with Gasteiger partial charge in [0.2, 0.25) is 0 Å². The maximum atomic E-state index is 13.4.